The fraction of sp³-hybridized carbons (Fsp3) is 0.278. The van der Waals surface area contributed by atoms with E-state index in [0.717, 1.165) is 34.1 Å². The molecule has 0 saturated carbocycles. The monoisotopic (exact) mass is 713 g/mol. The Bertz CT molecular complexity index is 1820. The highest BCUT2D eigenvalue weighted by atomic mass is 35.5. The normalized spacial score (nSPS) is 12.2. The van der Waals surface area contributed by atoms with Crippen LogP contribution >= 0.6 is 23.2 Å². The summed E-state index contributed by atoms with van der Waals surface area (Å²) in [4.78, 5) is 29.7. The van der Waals surface area contributed by atoms with Gasteiger partial charge in [0, 0.05) is 18.5 Å². The zero-order valence-electron chi connectivity index (χ0n) is 27.1. The Morgan fingerprint density at radius 1 is 0.875 bits per heavy atom. The number of nitrogens with zero attached hydrogens (tertiary/aromatic N) is 2. The van der Waals surface area contributed by atoms with Crippen LogP contribution in [0.1, 0.15) is 38.8 Å². The van der Waals surface area contributed by atoms with E-state index in [1.54, 1.807) is 30.3 Å². The lowest BCUT2D eigenvalue weighted by Crippen LogP contribution is -2.56. The van der Waals surface area contributed by atoms with Gasteiger partial charge in [-0.15, -0.1) is 0 Å². The maximum Gasteiger partial charge on any atom is 0.264 e. The third-order valence-corrected chi connectivity index (χ3v) is 9.75. The number of ether oxygens (including phenoxy) is 1. The first-order valence-corrected chi connectivity index (χ1v) is 17.5. The van der Waals surface area contributed by atoms with E-state index < -0.39 is 45.8 Å². The fourth-order valence-corrected chi connectivity index (χ4v) is 6.71. The maximum absolute atomic E-state index is 14.6. The van der Waals surface area contributed by atoms with Crippen LogP contribution in [0.5, 0.6) is 5.75 Å². The first kappa shape index (κ1) is 36.7. The van der Waals surface area contributed by atoms with E-state index in [4.69, 9.17) is 27.9 Å². The SMILES string of the molecule is CCOc1ccc(N(CC(=O)N(Cc2ccc(Cl)c(Cl)c2)C(Cc2ccccc2)C(=O)NC(C)(C)C)S(=O)(=O)c2ccc(F)cc2)cc1. The van der Waals surface area contributed by atoms with Gasteiger partial charge in [0.15, 0.2) is 0 Å². The Balaban J connectivity index is 1.83. The van der Waals surface area contributed by atoms with E-state index in [2.05, 4.69) is 5.32 Å². The lowest BCUT2D eigenvalue weighted by molar-refractivity contribution is -0.140. The predicted octanol–water partition coefficient (Wildman–Crippen LogP) is 7.28. The number of sulfonamides is 1. The van der Waals surface area contributed by atoms with Crippen LogP contribution in [0, 0.1) is 5.82 Å². The molecule has 0 radical (unpaired) electrons. The Morgan fingerprint density at radius 3 is 2.10 bits per heavy atom. The van der Waals surface area contributed by atoms with Gasteiger partial charge in [-0.3, -0.25) is 13.9 Å². The van der Waals surface area contributed by atoms with Gasteiger partial charge in [0.2, 0.25) is 11.8 Å². The summed E-state index contributed by atoms with van der Waals surface area (Å²) in [7, 11) is -4.40. The summed E-state index contributed by atoms with van der Waals surface area (Å²) in [6.45, 7) is 6.96. The Labute approximate surface area is 291 Å². The highest BCUT2D eigenvalue weighted by molar-refractivity contribution is 7.92. The van der Waals surface area contributed by atoms with Gasteiger partial charge < -0.3 is 15.0 Å². The lowest BCUT2D eigenvalue weighted by atomic mass is 10.0. The van der Waals surface area contributed by atoms with E-state index in [0.29, 0.717) is 22.9 Å². The molecule has 1 atom stereocenters. The summed E-state index contributed by atoms with van der Waals surface area (Å²) in [5.41, 5.74) is 0.906. The molecular weight excluding hydrogens is 676 g/mol. The second kappa shape index (κ2) is 15.9. The lowest BCUT2D eigenvalue weighted by Gasteiger charge is -2.35. The van der Waals surface area contributed by atoms with Crippen molar-refractivity contribution < 1.29 is 27.1 Å². The third-order valence-electron chi connectivity index (χ3n) is 7.22. The van der Waals surface area contributed by atoms with Crippen LogP contribution < -0.4 is 14.4 Å². The first-order chi connectivity index (χ1) is 22.7. The maximum atomic E-state index is 14.6. The molecule has 0 spiro atoms. The molecule has 8 nitrogen and oxygen atoms in total. The molecule has 4 aromatic carbocycles. The van der Waals surface area contributed by atoms with Crippen LogP contribution in [0.2, 0.25) is 10.0 Å². The number of carbonyl (C=O) groups excluding carboxylic acids is 2. The predicted molar refractivity (Wildman–Crippen MR) is 187 cm³/mol. The number of amides is 2. The number of halogens is 3. The molecule has 0 heterocycles. The van der Waals surface area contributed by atoms with Crippen molar-refractivity contribution in [2.24, 2.45) is 0 Å². The number of anilines is 1. The molecule has 0 aliphatic heterocycles. The van der Waals surface area contributed by atoms with Gasteiger partial charge in [-0.25, -0.2) is 12.8 Å². The van der Waals surface area contributed by atoms with Crippen LogP contribution in [0.15, 0.2) is 102 Å². The molecule has 0 bridgehead atoms. The molecule has 0 aliphatic rings. The molecule has 4 aromatic rings. The van der Waals surface area contributed by atoms with Crippen LogP contribution in [0.3, 0.4) is 0 Å². The average molecular weight is 715 g/mol. The third kappa shape index (κ3) is 9.71. The van der Waals surface area contributed by atoms with Crippen molar-refractivity contribution in [3.63, 3.8) is 0 Å². The summed E-state index contributed by atoms with van der Waals surface area (Å²) in [6, 6.07) is 23.6. The van der Waals surface area contributed by atoms with E-state index >= 15 is 0 Å². The smallest absolute Gasteiger partial charge is 0.264 e. The highest BCUT2D eigenvalue weighted by Crippen LogP contribution is 2.28. The van der Waals surface area contributed by atoms with Crippen LogP contribution in [0.4, 0.5) is 10.1 Å². The number of hydrogen-bond donors (Lipinski definition) is 1. The van der Waals surface area contributed by atoms with Gasteiger partial charge >= 0.3 is 0 Å². The van der Waals surface area contributed by atoms with E-state index in [1.807, 2.05) is 58.0 Å². The van der Waals surface area contributed by atoms with Crippen molar-refractivity contribution in [2.45, 2.75) is 57.1 Å². The van der Waals surface area contributed by atoms with Crippen molar-refractivity contribution in [2.75, 3.05) is 17.5 Å². The molecule has 1 N–H and O–H groups in total. The summed E-state index contributed by atoms with van der Waals surface area (Å²) in [5, 5.41) is 3.56. The van der Waals surface area contributed by atoms with Gasteiger partial charge in [-0.2, -0.15) is 0 Å². The Kier molecular flexibility index (Phi) is 12.1. The van der Waals surface area contributed by atoms with Crippen molar-refractivity contribution >= 4 is 50.7 Å². The van der Waals surface area contributed by atoms with Crippen LogP contribution in [-0.2, 0) is 32.6 Å². The Hall–Kier alpha value is -4.12. The second-order valence-electron chi connectivity index (χ2n) is 12.1. The minimum Gasteiger partial charge on any atom is -0.494 e. The molecule has 0 aromatic heterocycles. The number of rotatable bonds is 13. The second-order valence-corrected chi connectivity index (χ2v) is 14.8. The quantitative estimate of drug-likeness (QED) is 0.157. The number of nitrogens with one attached hydrogen (secondary N) is 1. The Morgan fingerprint density at radius 2 is 1.52 bits per heavy atom. The molecule has 0 aliphatic carbocycles. The number of benzene rings is 4. The minimum atomic E-state index is -4.40. The summed E-state index contributed by atoms with van der Waals surface area (Å²) in [5.74, 6) is -1.19. The molecule has 48 heavy (non-hydrogen) atoms. The van der Waals surface area contributed by atoms with Crippen molar-refractivity contribution in [3.8, 4) is 5.75 Å². The van der Waals surface area contributed by atoms with Crippen LogP contribution in [-0.4, -0.2) is 49.9 Å². The van der Waals surface area contributed by atoms with Crippen molar-refractivity contribution in [1.29, 1.82) is 0 Å². The minimum absolute atomic E-state index is 0.0848. The summed E-state index contributed by atoms with van der Waals surface area (Å²) in [6.07, 6.45) is 0.142. The number of carbonyl (C=O) groups is 2. The van der Waals surface area contributed by atoms with Gasteiger partial charge in [-0.05, 0) is 99.5 Å². The standard InChI is InChI=1S/C36H38Cl2FN3O5S/c1-5-47-29-16-14-28(15-17-29)42(48(45,46)30-18-12-27(39)13-19-30)24-34(43)41(23-26-11-20-31(37)32(38)21-26)33(35(44)40-36(2,3)4)22-25-9-7-6-8-10-25/h6-21,33H,5,22-24H2,1-4H3,(H,40,44). The molecule has 4 rings (SSSR count). The molecule has 254 valence electrons. The highest BCUT2D eigenvalue weighted by Gasteiger charge is 2.35. The molecular formula is C36H38Cl2FN3O5S. The molecule has 0 fully saturated rings. The van der Waals surface area contributed by atoms with E-state index in [-0.39, 0.29) is 28.6 Å². The summed E-state index contributed by atoms with van der Waals surface area (Å²) >= 11 is 12.5. The van der Waals surface area contributed by atoms with Gasteiger partial charge in [0.25, 0.3) is 10.0 Å². The number of hydrogen-bond acceptors (Lipinski definition) is 5. The molecule has 12 heteroatoms. The zero-order valence-corrected chi connectivity index (χ0v) is 29.4. The van der Waals surface area contributed by atoms with Crippen LogP contribution in [0.25, 0.3) is 0 Å². The van der Waals surface area contributed by atoms with Gasteiger partial charge in [0.05, 0.1) is 27.2 Å². The molecule has 1 unspecified atom stereocenters. The van der Waals surface area contributed by atoms with Crippen molar-refractivity contribution in [1.82, 2.24) is 10.2 Å². The van der Waals surface area contributed by atoms with Crippen molar-refractivity contribution in [3.05, 3.63) is 124 Å². The molecule has 0 saturated heterocycles. The van der Waals surface area contributed by atoms with Gasteiger partial charge in [-0.1, -0.05) is 59.6 Å². The zero-order chi connectivity index (χ0) is 35.1. The van der Waals surface area contributed by atoms with E-state index in [9.17, 15) is 22.4 Å². The topological polar surface area (TPSA) is 96.0 Å². The van der Waals surface area contributed by atoms with Gasteiger partial charge in [0.1, 0.15) is 24.2 Å². The fourth-order valence-electron chi connectivity index (χ4n) is 4.98. The molecule has 2 amide bonds. The largest absolute Gasteiger partial charge is 0.494 e. The first-order valence-electron chi connectivity index (χ1n) is 15.3. The van der Waals surface area contributed by atoms with E-state index in [1.165, 1.54) is 17.0 Å². The summed E-state index contributed by atoms with van der Waals surface area (Å²) < 4.78 is 48.5. The average Bonchev–Trinajstić information content (AvgIpc) is 3.03.